The van der Waals surface area contributed by atoms with Gasteiger partial charge in [0.25, 0.3) is 0 Å². The van der Waals surface area contributed by atoms with Crippen molar-refractivity contribution in [1.82, 2.24) is 0 Å². The largest absolute Gasteiger partial charge is 0.508 e. The molecule has 1 aromatic heterocycles. The second-order valence-electron chi connectivity index (χ2n) is 6.21. The Balaban J connectivity index is 1.85. The van der Waals surface area contributed by atoms with Crippen LogP contribution in [0.1, 0.15) is 30.6 Å². The predicted octanol–water partition coefficient (Wildman–Crippen LogP) is 3.92. The van der Waals surface area contributed by atoms with Gasteiger partial charge in [-0.15, -0.1) is 0 Å². The minimum atomic E-state index is -1.47. The molecule has 1 aliphatic rings. The number of carboxylic acid groups (broad SMARTS) is 1. The predicted molar refractivity (Wildman–Crippen MR) is 91.3 cm³/mol. The molecule has 1 heterocycles. The molecule has 1 aromatic carbocycles. The molecule has 1 saturated carbocycles. The highest BCUT2D eigenvalue weighted by Gasteiger charge is 2.68. The zero-order valence-corrected chi connectivity index (χ0v) is 14.9. The van der Waals surface area contributed by atoms with Crippen molar-refractivity contribution in [2.24, 2.45) is 11.3 Å². The highest BCUT2D eigenvalue weighted by Crippen LogP contribution is 2.57. The van der Waals surface area contributed by atoms with Crippen LogP contribution in [0, 0.1) is 11.3 Å². The molecule has 8 heteroatoms. The van der Waals surface area contributed by atoms with Gasteiger partial charge in [-0.3, -0.25) is 9.59 Å². The summed E-state index contributed by atoms with van der Waals surface area (Å²) < 4.78 is 15.0. The maximum Gasteiger partial charge on any atom is 0.508 e. The van der Waals surface area contributed by atoms with Gasteiger partial charge in [-0.25, -0.2) is 4.79 Å². The van der Waals surface area contributed by atoms with Crippen molar-refractivity contribution < 1.29 is 33.4 Å². The quantitative estimate of drug-likeness (QED) is 0.598. The molecule has 3 rings (SSSR count). The molecule has 0 radical (unpaired) electrons. The molecule has 138 valence electrons. The second kappa shape index (κ2) is 6.64. The number of ketones is 1. The third-order valence-corrected chi connectivity index (χ3v) is 5.05. The molecule has 0 saturated heterocycles. The SMILES string of the molecule is CCOC(=O)OC(C)[C@]1(C(=O)O)C[C@@H]1C(=O)c1cc(Cl)c2occc2c1. The standard InChI is InChI=1S/C18H17ClO7/c1-3-24-17(23)26-9(2)18(16(21)22)8-12(18)14(20)11-6-10-4-5-25-15(10)13(19)7-11/h4-7,9,12H,3,8H2,1-2H3,(H,21,22)/t9?,12-,18-/m1/s1. The number of hydrogen-bond acceptors (Lipinski definition) is 6. The van der Waals surface area contributed by atoms with Gasteiger partial charge in [-0.1, -0.05) is 11.6 Å². The van der Waals surface area contributed by atoms with Crippen molar-refractivity contribution in [2.75, 3.05) is 6.61 Å². The van der Waals surface area contributed by atoms with Gasteiger partial charge in [0, 0.05) is 16.9 Å². The minimum absolute atomic E-state index is 0.0722. The number of fused-ring (bicyclic) bond motifs is 1. The highest BCUT2D eigenvalue weighted by atomic mass is 35.5. The van der Waals surface area contributed by atoms with Crippen LogP contribution < -0.4 is 0 Å². The third-order valence-electron chi connectivity index (χ3n) is 4.77. The average Bonchev–Trinajstić information content (AvgIpc) is 3.17. The molecule has 3 atom stereocenters. The summed E-state index contributed by atoms with van der Waals surface area (Å²) in [5, 5.41) is 10.6. The summed E-state index contributed by atoms with van der Waals surface area (Å²) in [6.07, 6.45) is -0.440. The number of ether oxygens (including phenoxy) is 2. The molecular formula is C18H17ClO7. The van der Waals surface area contributed by atoms with Crippen LogP contribution in [0.5, 0.6) is 0 Å². The van der Waals surface area contributed by atoms with Crippen LogP contribution in [0.25, 0.3) is 11.0 Å². The van der Waals surface area contributed by atoms with Crippen LogP contribution in [0.4, 0.5) is 4.79 Å². The van der Waals surface area contributed by atoms with E-state index in [9.17, 15) is 19.5 Å². The summed E-state index contributed by atoms with van der Waals surface area (Å²) in [7, 11) is 0. The molecule has 1 N–H and O–H groups in total. The van der Waals surface area contributed by atoms with Gasteiger partial charge >= 0.3 is 12.1 Å². The molecule has 2 aromatic rings. The van der Waals surface area contributed by atoms with E-state index in [4.69, 9.17) is 20.8 Å². The van der Waals surface area contributed by atoms with Crippen LogP contribution in [-0.4, -0.2) is 35.7 Å². The van der Waals surface area contributed by atoms with E-state index in [-0.39, 0.29) is 23.8 Å². The minimum Gasteiger partial charge on any atom is -0.481 e. The van der Waals surface area contributed by atoms with Gasteiger partial charge < -0.3 is 19.0 Å². The smallest absolute Gasteiger partial charge is 0.481 e. The fourth-order valence-electron chi connectivity index (χ4n) is 3.25. The Hall–Kier alpha value is -2.54. The van der Waals surface area contributed by atoms with Crippen molar-refractivity contribution in [1.29, 1.82) is 0 Å². The van der Waals surface area contributed by atoms with Gasteiger partial charge in [-0.05, 0) is 38.5 Å². The number of benzene rings is 1. The zero-order valence-electron chi connectivity index (χ0n) is 14.2. The van der Waals surface area contributed by atoms with E-state index in [1.54, 1.807) is 19.1 Å². The number of rotatable bonds is 6. The zero-order chi connectivity index (χ0) is 19.1. The lowest BCUT2D eigenvalue weighted by atomic mass is 9.93. The normalized spacial score (nSPS) is 22.7. The van der Waals surface area contributed by atoms with E-state index >= 15 is 0 Å². The monoisotopic (exact) mass is 380 g/mol. The molecule has 0 spiro atoms. The van der Waals surface area contributed by atoms with E-state index < -0.39 is 29.6 Å². The van der Waals surface area contributed by atoms with Crippen LogP contribution >= 0.6 is 11.6 Å². The van der Waals surface area contributed by atoms with Gasteiger partial charge in [0.1, 0.15) is 11.5 Å². The Morgan fingerprint density at radius 2 is 2.15 bits per heavy atom. The number of carbonyl (C=O) groups excluding carboxylic acids is 2. The molecule has 7 nitrogen and oxygen atoms in total. The molecule has 1 aliphatic carbocycles. The van der Waals surface area contributed by atoms with Crippen LogP contribution in [0.3, 0.4) is 0 Å². The first-order valence-corrected chi connectivity index (χ1v) is 8.46. The van der Waals surface area contributed by atoms with Crippen LogP contribution in [0.2, 0.25) is 5.02 Å². The number of furan rings is 1. The summed E-state index contributed by atoms with van der Waals surface area (Å²) in [6.45, 7) is 3.17. The van der Waals surface area contributed by atoms with E-state index in [2.05, 4.69) is 4.74 Å². The molecule has 0 bridgehead atoms. The number of carboxylic acids is 1. The summed E-state index contributed by atoms with van der Waals surface area (Å²) in [5.41, 5.74) is -0.718. The first kappa shape index (κ1) is 18.3. The number of carbonyl (C=O) groups is 3. The number of Topliss-reactive ketones (excluding diaryl/α,β-unsaturated/α-hetero) is 1. The lowest BCUT2D eigenvalue weighted by Gasteiger charge is -2.20. The third kappa shape index (κ3) is 2.92. The van der Waals surface area contributed by atoms with E-state index in [0.29, 0.717) is 16.5 Å². The second-order valence-corrected chi connectivity index (χ2v) is 6.61. The van der Waals surface area contributed by atoms with Crippen LogP contribution in [0.15, 0.2) is 28.9 Å². The van der Waals surface area contributed by atoms with Crippen molar-refractivity contribution in [2.45, 2.75) is 26.4 Å². The lowest BCUT2D eigenvalue weighted by molar-refractivity contribution is -0.148. The average molecular weight is 381 g/mol. The Bertz CT molecular complexity index is 887. The number of hydrogen-bond donors (Lipinski definition) is 1. The van der Waals surface area contributed by atoms with E-state index in [1.165, 1.54) is 19.3 Å². The molecule has 1 fully saturated rings. The Morgan fingerprint density at radius 3 is 2.81 bits per heavy atom. The Labute approximate surface area is 153 Å². The van der Waals surface area contributed by atoms with Crippen molar-refractivity contribution in [3.63, 3.8) is 0 Å². The maximum atomic E-state index is 12.8. The Kier molecular flexibility index (Phi) is 4.66. The fraction of sp³-hybridized carbons (Fsp3) is 0.389. The molecule has 26 heavy (non-hydrogen) atoms. The topological polar surface area (TPSA) is 103 Å². The maximum absolute atomic E-state index is 12.8. The lowest BCUT2D eigenvalue weighted by Crippen LogP contribution is -2.35. The Morgan fingerprint density at radius 1 is 1.42 bits per heavy atom. The number of aliphatic carboxylic acids is 1. The number of halogens is 1. The summed E-state index contributed by atoms with van der Waals surface area (Å²) in [4.78, 5) is 36.2. The highest BCUT2D eigenvalue weighted by molar-refractivity contribution is 6.35. The molecular weight excluding hydrogens is 364 g/mol. The van der Waals surface area contributed by atoms with Crippen molar-refractivity contribution in [3.05, 3.63) is 35.0 Å². The first-order chi connectivity index (χ1) is 12.3. The van der Waals surface area contributed by atoms with Gasteiger partial charge in [0.15, 0.2) is 11.4 Å². The summed E-state index contributed by atoms with van der Waals surface area (Å²) in [5.74, 6) is -2.37. The van der Waals surface area contributed by atoms with Crippen molar-refractivity contribution >= 4 is 40.5 Å². The molecule has 0 aliphatic heterocycles. The van der Waals surface area contributed by atoms with Crippen molar-refractivity contribution in [3.8, 4) is 0 Å². The summed E-state index contributed by atoms with van der Waals surface area (Å²) >= 11 is 6.12. The van der Waals surface area contributed by atoms with Gasteiger partial charge in [-0.2, -0.15) is 0 Å². The van der Waals surface area contributed by atoms with E-state index in [0.717, 1.165) is 0 Å². The van der Waals surface area contributed by atoms with Gasteiger partial charge in [0.05, 0.1) is 17.9 Å². The molecule has 1 unspecified atom stereocenters. The van der Waals surface area contributed by atoms with E-state index in [1.807, 2.05) is 0 Å². The molecule has 0 amide bonds. The van der Waals surface area contributed by atoms with Crippen LogP contribution in [-0.2, 0) is 14.3 Å². The first-order valence-electron chi connectivity index (χ1n) is 8.09. The summed E-state index contributed by atoms with van der Waals surface area (Å²) in [6, 6.07) is 4.73. The van der Waals surface area contributed by atoms with Gasteiger partial charge in [0.2, 0.25) is 0 Å². The fourth-order valence-corrected chi connectivity index (χ4v) is 3.52.